The molecule has 0 amide bonds. The zero-order valence-electron chi connectivity index (χ0n) is 17.9. The van der Waals surface area contributed by atoms with Gasteiger partial charge in [-0.15, -0.1) is 0 Å². The van der Waals surface area contributed by atoms with Crippen LogP contribution in [-0.4, -0.2) is 44.8 Å². The van der Waals surface area contributed by atoms with Crippen molar-refractivity contribution < 1.29 is 9.47 Å². The van der Waals surface area contributed by atoms with E-state index < -0.39 is 0 Å². The van der Waals surface area contributed by atoms with Crippen molar-refractivity contribution in [1.82, 2.24) is 15.6 Å². The number of hydrogen-bond acceptors (Lipinski definition) is 4. The zero-order valence-corrected chi connectivity index (χ0v) is 17.9. The molecule has 1 aromatic heterocycles. The van der Waals surface area contributed by atoms with Gasteiger partial charge in [0.2, 0.25) is 0 Å². The van der Waals surface area contributed by atoms with Gasteiger partial charge in [0.15, 0.2) is 17.5 Å². The molecule has 0 aliphatic carbocycles. The van der Waals surface area contributed by atoms with Crippen molar-refractivity contribution in [2.45, 2.75) is 19.8 Å². The van der Waals surface area contributed by atoms with E-state index in [0.29, 0.717) is 6.54 Å². The lowest BCUT2D eigenvalue weighted by Gasteiger charge is -2.13. The summed E-state index contributed by atoms with van der Waals surface area (Å²) in [5.41, 5.74) is 3.46. The molecule has 0 saturated carbocycles. The summed E-state index contributed by atoms with van der Waals surface area (Å²) >= 11 is 0. The standard InChI is InChI=1S/C24H30N4O2/c1-4-25-24(27-15-12-18-10-11-21(29-2)22(17-18)30-3)28-16-13-20-8-5-7-19-9-6-14-26-23(19)20/h5-11,14,17H,4,12-13,15-16H2,1-3H3,(H2,25,27,28). The molecular formula is C24H30N4O2. The second kappa shape index (κ2) is 11.0. The minimum absolute atomic E-state index is 0.696. The van der Waals surface area contributed by atoms with E-state index in [2.05, 4.69) is 52.9 Å². The Labute approximate surface area is 178 Å². The Balaban J connectivity index is 1.57. The maximum absolute atomic E-state index is 5.38. The van der Waals surface area contributed by atoms with E-state index >= 15 is 0 Å². The lowest BCUT2D eigenvalue weighted by Crippen LogP contribution is -2.38. The summed E-state index contributed by atoms with van der Waals surface area (Å²) in [5, 5.41) is 7.89. The largest absolute Gasteiger partial charge is 0.493 e. The Morgan fingerprint density at radius 1 is 0.967 bits per heavy atom. The molecule has 0 unspecified atom stereocenters. The number of guanidine groups is 1. The molecule has 0 radical (unpaired) electrons. The number of nitrogens with one attached hydrogen (secondary N) is 2. The smallest absolute Gasteiger partial charge is 0.191 e. The summed E-state index contributed by atoms with van der Waals surface area (Å²) in [6, 6.07) is 16.4. The summed E-state index contributed by atoms with van der Waals surface area (Å²) in [6.45, 7) is 4.36. The van der Waals surface area contributed by atoms with Gasteiger partial charge in [0.05, 0.1) is 19.7 Å². The third kappa shape index (κ3) is 5.63. The highest BCUT2D eigenvalue weighted by molar-refractivity contribution is 5.82. The number of rotatable bonds is 9. The van der Waals surface area contributed by atoms with Crippen LogP contribution in [0.3, 0.4) is 0 Å². The Hall–Kier alpha value is -3.28. The van der Waals surface area contributed by atoms with Crippen molar-refractivity contribution in [2.75, 3.05) is 33.9 Å². The second-order valence-corrected chi connectivity index (χ2v) is 6.87. The molecule has 0 aliphatic heterocycles. The Bertz CT molecular complexity index is 983. The Morgan fingerprint density at radius 3 is 2.60 bits per heavy atom. The van der Waals surface area contributed by atoms with Crippen LogP contribution in [0, 0.1) is 0 Å². The fraction of sp³-hybridized carbons (Fsp3) is 0.333. The number of methoxy groups -OCH3 is 2. The summed E-state index contributed by atoms with van der Waals surface area (Å²) < 4.78 is 10.7. The number of hydrogen-bond donors (Lipinski definition) is 2. The number of pyridine rings is 1. The zero-order chi connectivity index (χ0) is 21.2. The fourth-order valence-corrected chi connectivity index (χ4v) is 3.36. The Morgan fingerprint density at radius 2 is 1.80 bits per heavy atom. The first-order valence-corrected chi connectivity index (χ1v) is 10.3. The van der Waals surface area contributed by atoms with Gasteiger partial charge < -0.3 is 20.1 Å². The summed E-state index contributed by atoms with van der Waals surface area (Å²) in [4.78, 5) is 9.26. The van der Waals surface area contributed by atoms with E-state index in [1.54, 1.807) is 14.2 Å². The Kier molecular flexibility index (Phi) is 7.89. The van der Waals surface area contributed by atoms with Gasteiger partial charge in [0, 0.05) is 31.2 Å². The minimum Gasteiger partial charge on any atom is -0.493 e. The average Bonchev–Trinajstić information content (AvgIpc) is 2.79. The summed E-state index contributed by atoms with van der Waals surface area (Å²) in [5.74, 6) is 2.32. The van der Waals surface area contributed by atoms with Gasteiger partial charge in [0.25, 0.3) is 0 Å². The van der Waals surface area contributed by atoms with Crippen molar-refractivity contribution in [3.63, 3.8) is 0 Å². The summed E-state index contributed by atoms with van der Waals surface area (Å²) in [7, 11) is 3.30. The third-order valence-corrected chi connectivity index (χ3v) is 4.87. The molecule has 0 saturated heterocycles. The van der Waals surface area contributed by atoms with Crippen molar-refractivity contribution in [3.8, 4) is 11.5 Å². The topological polar surface area (TPSA) is 67.8 Å². The molecule has 2 N–H and O–H groups in total. The van der Waals surface area contributed by atoms with Gasteiger partial charge >= 0.3 is 0 Å². The highest BCUT2D eigenvalue weighted by Gasteiger charge is 2.05. The number of ether oxygens (including phenoxy) is 2. The predicted octanol–water partition coefficient (Wildman–Crippen LogP) is 3.59. The van der Waals surface area contributed by atoms with Crippen molar-refractivity contribution in [2.24, 2.45) is 4.99 Å². The number of fused-ring (bicyclic) bond motifs is 1. The van der Waals surface area contributed by atoms with E-state index in [-0.39, 0.29) is 0 Å². The lowest BCUT2D eigenvalue weighted by molar-refractivity contribution is 0.354. The highest BCUT2D eigenvalue weighted by Crippen LogP contribution is 2.27. The highest BCUT2D eigenvalue weighted by atomic mass is 16.5. The molecular weight excluding hydrogens is 376 g/mol. The van der Waals surface area contributed by atoms with Crippen LogP contribution < -0.4 is 20.1 Å². The molecule has 3 aromatic rings. The SMILES string of the molecule is CCNC(=NCCc1cccc2cccnc12)NCCc1ccc(OC)c(OC)c1. The second-order valence-electron chi connectivity index (χ2n) is 6.87. The number of aliphatic imine (C=N–C) groups is 1. The first kappa shape index (κ1) is 21.4. The molecule has 0 fully saturated rings. The van der Waals surface area contributed by atoms with Gasteiger partial charge in [-0.05, 0) is 49.1 Å². The van der Waals surface area contributed by atoms with Crippen molar-refractivity contribution in [3.05, 3.63) is 65.9 Å². The molecule has 0 spiro atoms. The molecule has 2 aromatic carbocycles. The normalized spacial score (nSPS) is 11.4. The molecule has 30 heavy (non-hydrogen) atoms. The van der Waals surface area contributed by atoms with Crippen molar-refractivity contribution in [1.29, 1.82) is 0 Å². The van der Waals surface area contributed by atoms with Gasteiger partial charge in [-0.2, -0.15) is 0 Å². The molecule has 6 heteroatoms. The maximum atomic E-state index is 5.38. The van der Waals surface area contributed by atoms with E-state index in [1.165, 1.54) is 16.5 Å². The van der Waals surface area contributed by atoms with E-state index in [0.717, 1.165) is 48.9 Å². The third-order valence-electron chi connectivity index (χ3n) is 4.87. The number of benzene rings is 2. The van der Waals surface area contributed by atoms with Crippen LogP contribution in [0.1, 0.15) is 18.1 Å². The lowest BCUT2D eigenvalue weighted by atomic mass is 10.1. The van der Waals surface area contributed by atoms with Crippen LogP contribution in [0.5, 0.6) is 11.5 Å². The van der Waals surface area contributed by atoms with E-state index in [1.807, 2.05) is 24.4 Å². The van der Waals surface area contributed by atoms with Crippen LogP contribution in [0.4, 0.5) is 0 Å². The predicted molar refractivity (Wildman–Crippen MR) is 123 cm³/mol. The monoisotopic (exact) mass is 406 g/mol. The molecule has 0 atom stereocenters. The minimum atomic E-state index is 0.696. The summed E-state index contributed by atoms with van der Waals surface area (Å²) in [6.07, 6.45) is 3.55. The molecule has 158 valence electrons. The molecule has 6 nitrogen and oxygen atoms in total. The van der Waals surface area contributed by atoms with Crippen molar-refractivity contribution >= 4 is 16.9 Å². The van der Waals surface area contributed by atoms with Gasteiger partial charge in [-0.1, -0.05) is 30.3 Å². The molecule has 0 aliphatic rings. The molecule has 0 bridgehead atoms. The quantitative estimate of drug-likeness (QED) is 0.420. The van der Waals surface area contributed by atoms with Gasteiger partial charge in [-0.25, -0.2) is 0 Å². The van der Waals surface area contributed by atoms with Crippen LogP contribution in [0.25, 0.3) is 10.9 Å². The van der Waals surface area contributed by atoms with Crippen LogP contribution >= 0.6 is 0 Å². The van der Waals surface area contributed by atoms with Crippen LogP contribution in [0.2, 0.25) is 0 Å². The van der Waals surface area contributed by atoms with Crippen LogP contribution in [0.15, 0.2) is 59.7 Å². The average molecular weight is 407 g/mol. The number of para-hydroxylation sites is 1. The van der Waals surface area contributed by atoms with Gasteiger partial charge in [0.1, 0.15) is 0 Å². The van der Waals surface area contributed by atoms with Crippen LogP contribution in [-0.2, 0) is 12.8 Å². The number of aromatic nitrogens is 1. The van der Waals surface area contributed by atoms with E-state index in [4.69, 9.17) is 14.5 Å². The molecule has 1 heterocycles. The first-order chi connectivity index (χ1) is 14.7. The fourth-order valence-electron chi connectivity index (χ4n) is 3.36. The van der Waals surface area contributed by atoms with E-state index in [9.17, 15) is 0 Å². The first-order valence-electron chi connectivity index (χ1n) is 10.3. The maximum Gasteiger partial charge on any atom is 0.191 e. The molecule has 3 rings (SSSR count). The number of nitrogens with zero attached hydrogens (tertiary/aromatic N) is 2. The van der Waals surface area contributed by atoms with Gasteiger partial charge in [-0.3, -0.25) is 9.98 Å².